The number of anilines is 1. The van der Waals surface area contributed by atoms with E-state index in [0.29, 0.717) is 9.90 Å². The van der Waals surface area contributed by atoms with Gasteiger partial charge in [-0.3, -0.25) is 9.59 Å². The highest BCUT2D eigenvalue weighted by atomic mass is 35.5. The summed E-state index contributed by atoms with van der Waals surface area (Å²) in [5.41, 5.74) is 5.61. The zero-order chi connectivity index (χ0) is 23.0. The van der Waals surface area contributed by atoms with Gasteiger partial charge < -0.3 is 10.6 Å². The van der Waals surface area contributed by atoms with E-state index in [2.05, 4.69) is 15.7 Å². The summed E-state index contributed by atoms with van der Waals surface area (Å²) in [5.74, 6) is -0.557. The summed E-state index contributed by atoms with van der Waals surface area (Å²) >= 11 is 7.33. The maximum absolute atomic E-state index is 12.7. The number of benzene rings is 2. The van der Waals surface area contributed by atoms with Gasteiger partial charge in [0.05, 0.1) is 22.8 Å². The summed E-state index contributed by atoms with van der Waals surface area (Å²) < 4.78 is 1.80. The molecule has 0 bridgehead atoms. The van der Waals surface area contributed by atoms with E-state index in [0.717, 1.165) is 44.0 Å². The molecule has 0 fully saturated rings. The summed E-state index contributed by atoms with van der Waals surface area (Å²) in [4.78, 5) is 26.5. The third-order valence-electron chi connectivity index (χ3n) is 5.19. The Balaban J connectivity index is 1.48. The summed E-state index contributed by atoms with van der Waals surface area (Å²) in [7, 11) is 0. The number of hydrogen-bond acceptors (Lipinski definition) is 4. The predicted molar refractivity (Wildman–Crippen MR) is 130 cm³/mol. The topological polar surface area (TPSA) is 76.0 Å². The van der Waals surface area contributed by atoms with Crippen LogP contribution < -0.4 is 10.6 Å². The first-order valence-electron chi connectivity index (χ1n) is 10.1. The average molecular weight is 467 g/mol. The van der Waals surface area contributed by atoms with Crippen LogP contribution in [0.25, 0.3) is 15.9 Å². The first-order valence-corrected chi connectivity index (χ1v) is 11.3. The van der Waals surface area contributed by atoms with Gasteiger partial charge in [-0.2, -0.15) is 5.10 Å². The minimum Gasteiger partial charge on any atom is -0.342 e. The number of aromatic nitrogens is 2. The molecular formula is C24H23ClN4O2S. The minimum absolute atomic E-state index is 0.109. The van der Waals surface area contributed by atoms with Crippen LogP contribution in [-0.4, -0.2) is 28.1 Å². The smallest absolute Gasteiger partial charge is 0.261 e. The lowest BCUT2D eigenvalue weighted by Crippen LogP contribution is -2.32. The van der Waals surface area contributed by atoms with E-state index in [1.807, 2.05) is 58.0 Å². The fraction of sp³-hybridized carbons (Fsp3) is 0.208. The number of carbonyl (C=O) groups excluding carboxylic acids is 2. The van der Waals surface area contributed by atoms with Crippen LogP contribution in [0.1, 0.15) is 32.1 Å². The van der Waals surface area contributed by atoms with Crippen molar-refractivity contribution in [3.8, 4) is 5.69 Å². The molecule has 2 aromatic heterocycles. The number of rotatable bonds is 5. The molecular weight excluding hydrogens is 444 g/mol. The summed E-state index contributed by atoms with van der Waals surface area (Å²) in [5, 5.41) is 11.8. The zero-order valence-corrected chi connectivity index (χ0v) is 19.8. The summed E-state index contributed by atoms with van der Waals surface area (Å²) in [6, 6.07) is 13.2. The Morgan fingerprint density at radius 3 is 2.34 bits per heavy atom. The Hall–Kier alpha value is -3.16. The van der Waals surface area contributed by atoms with Crippen LogP contribution in [0.15, 0.2) is 42.5 Å². The van der Waals surface area contributed by atoms with E-state index in [1.165, 1.54) is 11.3 Å². The summed E-state index contributed by atoms with van der Waals surface area (Å²) in [6.45, 7) is 7.73. The standard InChI is InChI=1S/C24H23ClN4O2S/c1-13-9-14(2)22(15(3)10-13)27-21(30)12-26-23(31)20-11-19-16(4)28-29(24(19)32-20)18-7-5-17(25)6-8-18/h5-11H,12H2,1-4H3,(H,26,31)(H,27,30). The molecule has 4 aromatic rings. The second kappa shape index (κ2) is 8.76. The number of hydrogen-bond donors (Lipinski definition) is 2. The van der Waals surface area contributed by atoms with Crippen molar-refractivity contribution in [3.63, 3.8) is 0 Å². The van der Waals surface area contributed by atoms with Gasteiger partial charge in [0.1, 0.15) is 4.83 Å². The molecule has 0 unspecified atom stereocenters. The number of thiophene rings is 1. The third kappa shape index (κ3) is 4.40. The highest BCUT2D eigenvalue weighted by molar-refractivity contribution is 7.20. The van der Waals surface area contributed by atoms with Gasteiger partial charge >= 0.3 is 0 Å². The Kier molecular flexibility index (Phi) is 6.04. The van der Waals surface area contributed by atoms with Gasteiger partial charge in [0.2, 0.25) is 5.91 Å². The molecule has 0 atom stereocenters. The van der Waals surface area contributed by atoms with Crippen molar-refractivity contribution in [2.75, 3.05) is 11.9 Å². The molecule has 164 valence electrons. The zero-order valence-electron chi connectivity index (χ0n) is 18.2. The lowest BCUT2D eigenvalue weighted by atomic mass is 10.1. The van der Waals surface area contributed by atoms with Crippen molar-refractivity contribution >= 4 is 50.7 Å². The molecule has 4 rings (SSSR count). The number of aryl methyl sites for hydroxylation is 4. The van der Waals surface area contributed by atoms with Crippen molar-refractivity contribution in [2.45, 2.75) is 27.7 Å². The third-order valence-corrected chi connectivity index (χ3v) is 6.55. The van der Waals surface area contributed by atoms with Crippen LogP contribution in [0.5, 0.6) is 0 Å². The highest BCUT2D eigenvalue weighted by Crippen LogP contribution is 2.30. The summed E-state index contributed by atoms with van der Waals surface area (Å²) in [6.07, 6.45) is 0. The maximum atomic E-state index is 12.7. The van der Waals surface area contributed by atoms with Crippen LogP contribution in [0.4, 0.5) is 5.69 Å². The van der Waals surface area contributed by atoms with E-state index in [9.17, 15) is 9.59 Å². The van der Waals surface area contributed by atoms with Gasteiger partial charge in [-0.15, -0.1) is 11.3 Å². The van der Waals surface area contributed by atoms with Crippen molar-refractivity contribution in [1.82, 2.24) is 15.1 Å². The molecule has 32 heavy (non-hydrogen) atoms. The lowest BCUT2D eigenvalue weighted by Gasteiger charge is -2.13. The van der Waals surface area contributed by atoms with Crippen molar-refractivity contribution in [3.05, 3.63) is 74.7 Å². The number of amides is 2. The van der Waals surface area contributed by atoms with Crippen molar-refractivity contribution < 1.29 is 9.59 Å². The van der Waals surface area contributed by atoms with Crippen LogP contribution in [0, 0.1) is 27.7 Å². The lowest BCUT2D eigenvalue weighted by molar-refractivity contribution is -0.115. The number of nitrogens with zero attached hydrogens (tertiary/aromatic N) is 2. The van der Waals surface area contributed by atoms with Gasteiger partial charge in [0, 0.05) is 16.1 Å². The second-order valence-corrected chi connectivity index (χ2v) is 9.27. The van der Waals surface area contributed by atoms with Gasteiger partial charge in [0.15, 0.2) is 0 Å². The molecule has 2 heterocycles. The van der Waals surface area contributed by atoms with E-state index in [-0.39, 0.29) is 18.4 Å². The number of carbonyl (C=O) groups is 2. The number of fused-ring (bicyclic) bond motifs is 1. The Morgan fingerprint density at radius 2 is 1.69 bits per heavy atom. The van der Waals surface area contributed by atoms with E-state index >= 15 is 0 Å². The van der Waals surface area contributed by atoms with E-state index < -0.39 is 0 Å². The molecule has 2 aromatic carbocycles. The predicted octanol–water partition coefficient (Wildman–Crippen LogP) is 5.34. The number of nitrogens with one attached hydrogen (secondary N) is 2. The molecule has 2 N–H and O–H groups in total. The fourth-order valence-corrected chi connectivity index (χ4v) is 4.95. The average Bonchev–Trinajstić information content (AvgIpc) is 3.30. The molecule has 0 aliphatic carbocycles. The van der Waals surface area contributed by atoms with Crippen LogP contribution >= 0.6 is 22.9 Å². The van der Waals surface area contributed by atoms with Gasteiger partial charge in [-0.05, 0) is 69.2 Å². The van der Waals surface area contributed by atoms with E-state index in [4.69, 9.17) is 11.6 Å². The largest absolute Gasteiger partial charge is 0.342 e. The first-order chi connectivity index (χ1) is 15.2. The fourth-order valence-electron chi connectivity index (χ4n) is 3.72. The molecule has 0 aliphatic heterocycles. The molecule has 0 aliphatic rings. The van der Waals surface area contributed by atoms with Crippen LogP contribution in [-0.2, 0) is 4.79 Å². The molecule has 0 saturated carbocycles. The van der Waals surface area contributed by atoms with Gasteiger partial charge in [-0.25, -0.2) is 4.68 Å². The quantitative estimate of drug-likeness (QED) is 0.416. The molecule has 8 heteroatoms. The van der Waals surface area contributed by atoms with E-state index in [1.54, 1.807) is 16.8 Å². The highest BCUT2D eigenvalue weighted by Gasteiger charge is 2.18. The minimum atomic E-state index is -0.291. The normalized spacial score (nSPS) is 11.0. The van der Waals surface area contributed by atoms with Crippen molar-refractivity contribution in [1.29, 1.82) is 0 Å². The number of halogens is 1. The first kappa shape index (κ1) is 22.0. The molecule has 6 nitrogen and oxygen atoms in total. The molecule has 0 radical (unpaired) electrons. The Morgan fingerprint density at radius 1 is 1.03 bits per heavy atom. The maximum Gasteiger partial charge on any atom is 0.261 e. The second-order valence-electron chi connectivity index (χ2n) is 7.81. The SMILES string of the molecule is Cc1cc(C)c(NC(=O)CNC(=O)c2cc3c(C)nn(-c4ccc(Cl)cc4)c3s2)c(C)c1. The molecule has 0 saturated heterocycles. The van der Waals surface area contributed by atoms with Gasteiger partial charge in [-0.1, -0.05) is 29.3 Å². The van der Waals surface area contributed by atoms with Crippen LogP contribution in [0.2, 0.25) is 5.02 Å². The molecule has 2 amide bonds. The monoisotopic (exact) mass is 466 g/mol. The van der Waals surface area contributed by atoms with Crippen molar-refractivity contribution in [2.24, 2.45) is 0 Å². The Labute approximate surface area is 195 Å². The molecule has 0 spiro atoms. The van der Waals surface area contributed by atoms with Crippen LogP contribution in [0.3, 0.4) is 0 Å². The van der Waals surface area contributed by atoms with Gasteiger partial charge in [0.25, 0.3) is 5.91 Å². The Bertz CT molecular complexity index is 1320.